The van der Waals surface area contributed by atoms with Crippen molar-refractivity contribution in [2.24, 2.45) is 0 Å². The molecule has 5 heteroatoms. The zero-order valence-corrected chi connectivity index (χ0v) is 26.7. The minimum atomic E-state index is -0.275. The van der Waals surface area contributed by atoms with E-state index in [0.29, 0.717) is 0 Å². The van der Waals surface area contributed by atoms with Crippen LogP contribution in [-0.4, -0.2) is 15.6 Å². The van der Waals surface area contributed by atoms with E-state index in [4.69, 9.17) is 9.92 Å². The van der Waals surface area contributed by atoms with Crippen LogP contribution in [0.3, 0.4) is 0 Å². The van der Waals surface area contributed by atoms with Gasteiger partial charge in [-0.3, -0.25) is 4.57 Å². The Morgan fingerprint density at radius 3 is 2.11 bits per heavy atom. The van der Waals surface area contributed by atoms with Crippen molar-refractivity contribution < 1.29 is 4.94 Å². The van der Waals surface area contributed by atoms with Crippen LogP contribution in [-0.2, 0) is 15.8 Å². The van der Waals surface area contributed by atoms with E-state index in [1.54, 1.807) is 0 Å². The normalized spacial score (nSPS) is 13.8. The van der Waals surface area contributed by atoms with Gasteiger partial charge >= 0.3 is 0 Å². The molecule has 3 heterocycles. The van der Waals surface area contributed by atoms with E-state index in [0.717, 1.165) is 33.9 Å². The van der Waals surface area contributed by atoms with Crippen LogP contribution in [0, 0.1) is 0 Å². The molecule has 1 aliphatic heterocycles. The van der Waals surface area contributed by atoms with Crippen molar-refractivity contribution in [3.8, 4) is 5.82 Å². The molecular formula is C39H40N4O. The molecule has 2 aromatic heterocycles. The van der Waals surface area contributed by atoms with Gasteiger partial charge in [-0.1, -0.05) is 89.2 Å². The number of rotatable bonds is 5. The lowest BCUT2D eigenvalue weighted by atomic mass is 9.77. The number of pyridine rings is 1. The number of hydrogen-bond acceptors (Lipinski definition) is 4. The summed E-state index contributed by atoms with van der Waals surface area (Å²) in [6.07, 6.45) is 1.94. The molecule has 4 aromatic carbocycles. The quantitative estimate of drug-likeness (QED) is 0.203. The van der Waals surface area contributed by atoms with Crippen molar-refractivity contribution in [3.05, 3.63) is 126 Å². The van der Waals surface area contributed by atoms with Crippen LogP contribution in [0.2, 0.25) is 0 Å². The minimum absolute atomic E-state index is 0.0282. The largest absolute Gasteiger partial charge is 0.294 e. The number of hydroxylamine groups is 1. The fourth-order valence-corrected chi connectivity index (χ4v) is 6.36. The first-order valence-electron chi connectivity index (χ1n) is 15.5. The zero-order valence-electron chi connectivity index (χ0n) is 26.7. The van der Waals surface area contributed by atoms with Gasteiger partial charge in [0.05, 0.1) is 34.1 Å². The summed E-state index contributed by atoms with van der Waals surface area (Å²) in [6, 6.07) is 37.2. The van der Waals surface area contributed by atoms with Crippen LogP contribution in [0.1, 0.15) is 65.2 Å². The van der Waals surface area contributed by atoms with Crippen LogP contribution in [0.15, 0.2) is 109 Å². The molecule has 0 fully saturated rings. The highest BCUT2D eigenvalue weighted by molar-refractivity contribution is 6.09. The van der Waals surface area contributed by atoms with Crippen molar-refractivity contribution in [2.75, 3.05) is 10.1 Å². The summed E-state index contributed by atoms with van der Waals surface area (Å²) >= 11 is 0. The molecule has 0 unspecified atom stereocenters. The molecule has 0 radical (unpaired) electrons. The van der Waals surface area contributed by atoms with E-state index in [-0.39, 0.29) is 16.9 Å². The number of nitrogens with zero attached hydrogens (tertiary/aromatic N) is 4. The van der Waals surface area contributed by atoms with Crippen molar-refractivity contribution >= 4 is 38.9 Å². The molecule has 0 N–H and O–H groups in total. The van der Waals surface area contributed by atoms with E-state index in [9.17, 15) is 0 Å². The van der Waals surface area contributed by atoms with Crippen LogP contribution >= 0.6 is 0 Å². The Bertz CT molecular complexity index is 2010. The molecule has 0 amide bonds. The maximum atomic E-state index is 6.40. The highest BCUT2D eigenvalue weighted by atomic mass is 16.8. The standard InChI is InChI=1S/C39H40N4O/c1-26(2)42-34-17-10-11-18-35(34)43(44-42)30-14-12-13-28(23-30)39(6,7)29-19-20-32-31-15-8-9-16-33(31)41(36(32)24-29)37-25-27(21-22-40-37)38(3,4)5/h8-26H,1-7H3. The second kappa shape index (κ2) is 10.2. The van der Waals surface area contributed by atoms with Gasteiger partial charge in [-0.25, -0.2) is 10.0 Å². The Morgan fingerprint density at radius 2 is 1.34 bits per heavy atom. The zero-order chi connectivity index (χ0) is 30.8. The van der Waals surface area contributed by atoms with Crippen molar-refractivity contribution in [2.45, 2.75) is 65.3 Å². The highest BCUT2D eigenvalue weighted by Crippen LogP contribution is 2.44. The Balaban J connectivity index is 1.34. The van der Waals surface area contributed by atoms with Crippen LogP contribution in [0.5, 0.6) is 0 Å². The van der Waals surface area contributed by atoms with Crippen molar-refractivity contribution in [3.63, 3.8) is 0 Å². The number of benzene rings is 4. The molecule has 222 valence electrons. The van der Waals surface area contributed by atoms with Gasteiger partial charge in [-0.2, -0.15) is 5.06 Å². The molecular weight excluding hydrogens is 540 g/mol. The van der Waals surface area contributed by atoms with Gasteiger partial charge in [0.25, 0.3) is 0 Å². The van der Waals surface area contributed by atoms with Gasteiger partial charge in [-0.05, 0) is 84.5 Å². The van der Waals surface area contributed by atoms with E-state index < -0.39 is 0 Å². The Labute approximate surface area is 260 Å². The molecule has 0 atom stereocenters. The maximum absolute atomic E-state index is 6.40. The predicted octanol–water partition coefficient (Wildman–Crippen LogP) is 10.0. The molecule has 0 saturated heterocycles. The summed E-state index contributed by atoms with van der Waals surface area (Å²) in [4.78, 5) is 11.3. The summed E-state index contributed by atoms with van der Waals surface area (Å²) < 4.78 is 2.32. The number of para-hydroxylation sites is 3. The Morgan fingerprint density at radius 1 is 0.636 bits per heavy atom. The summed E-state index contributed by atoms with van der Waals surface area (Å²) in [5.74, 6) is 0.945. The van der Waals surface area contributed by atoms with Gasteiger partial charge < -0.3 is 0 Å². The van der Waals surface area contributed by atoms with Gasteiger partial charge in [0.15, 0.2) is 0 Å². The number of aromatic nitrogens is 2. The second-order valence-corrected chi connectivity index (χ2v) is 13.7. The van der Waals surface area contributed by atoms with E-state index >= 15 is 0 Å². The van der Waals surface area contributed by atoms with Gasteiger partial charge in [0.2, 0.25) is 0 Å². The van der Waals surface area contributed by atoms with Crippen LogP contribution in [0.4, 0.5) is 17.1 Å². The SMILES string of the molecule is CC(C)N1ON(c2cccc(C(C)(C)c3ccc4c5ccccc5n(-c5cc(C(C)(C)C)ccn5)c4c3)c2)c2ccccc21. The average molecular weight is 581 g/mol. The first kappa shape index (κ1) is 28.2. The maximum Gasteiger partial charge on any atom is 0.137 e. The molecule has 0 bridgehead atoms. The van der Waals surface area contributed by atoms with Crippen molar-refractivity contribution in [1.82, 2.24) is 9.55 Å². The third-order valence-electron chi connectivity index (χ3n) is 9.02. The Kier molecular flexibility index (Phi) is 6.56. The average Bonchev–Trinajstić information content (AvgIpc) is 3.57. The number of hydrogen-bond donors (Lipinski definition) is 0. The predicted molar refractivity (Wildman–Crippen MR) is 183 cm³/mol. The Hall–Kier alpha value is -4.61. The fraction of sp³-hybridized carbons (Fsp3) is 0.256. The molecule has 5 nitrogen and oxygen atoms in total. The third-order valence-corrected chi connectivity index (χ3v) is 9.02. The number of fused-ring (bicyclic) bond motifs is 4. The minimum Gasteiger partial charge on any atom is -0.294 e. The molecule has 44 heavy (non-hydrogen) atoms. The topological polar surface area (TPSA) is 33.5 Å². The van der Waals surface area contributed by atoms with Crippen LogP contribution in [0.25, 0.3) is 27.6 Å². The summed E-state index contributed by atoms with van der Waals surface area (Å²) in [5.41, 5.74) is 8.94. The lowest BCUT2D eigenvalue weighted by Crippen LogP contribution is -2.31. The van der Waals surface area contributed by atoms with Gasteiger partial charge in [0.1, 0.15) is 5.82 Å². The third kappa shape index (κ3) is 4.54. The van der Waals surface area contributed by atoms with Gasteiger partial charge in [0, 0.05) is 22.4 Å². The molecule has 7 rings (SSSR count). The molecule has 0 saturated carbocycles. The lowest BCUT2D eigenvalue weighted by molar-refractivity contribution is 0.112. The smallest absolute Gasteiger partial charge is 0.137 e. The molecule has 0 spiro atoms. The summed E-state index contributed by atoms with van der Waals surface area (Å²) in [5, 5.41) is 6.39. The van der Waals surface area contributed by atoms with E-state index in [1.807, 2.05) is 16.3 Å². The summed E-state index contributed by atoms with van der Waals surface area (Å²) in [6.45, 7) is 15.6. The van der Waals surface area contributed by atoms with E-state index in [1.165, 1.54) is 27.5 Å². The fourth-order valence-electron chi connectivity index (χ4n) is 6.36. The molecule has 6 aromatic rings. The van der Waals surface area contributed by atoms with Crippen LogP contribution < -0.4 is 10.1 Å². The molecule has 1 aliphatic rings. The van der Waals surface area contributed by atoms with Gasteiger partial charge in [-0.15, -0.1) is 4.94 Å². The highest BCUT2D eigenvalue weighted by Gasteiger charge is 2.32. The summed E-state index contributed by atoms with van der Waals surface area (Å²) in [7, 11) is 0. The molecule has 0 aliphatic carbocycles. The monoisotopic (exact) mass is 580 g/mol. The van der Waals surface area contributed by atoms with Crippen molar-refractivity contribution in [1.29, 1.82) is 0 Å². The van der Waals surface area contributed by atoms with E-state index in [2.05, 4.69) is 156 Å². The lowest BCUT2D eigenvalue weighted by Gasteiger charge is -2.28. The first-order chi connectivity index (χ1) is 21.0. The first-order valence-corrected chi connectivity index (χ1v) is 15.5. The second-order valence-electron chi connectivity index (χ2n) is 13.7. The number of anilines is 3.